The molecule has 0 radical (unpaired) electrons. The molecule has 6 heteroatoms. The summed E-state index contributed by atoms with van der Waals surface area (Å²) in [5, 5.41) is 8.90. The fourth-order valence-corrected chi connectivity index (χ4v) is 8.33. The number of hydrogen-bond donors (Lipinski definition) is 0. The fraction of sp³-hybridized carbons (Fsp3) is 0. The second kappa shape index (κ2) is 11.5. The molecule has 0 saturated carbocycles. The highest BCUT2D eigenvalue weighted by molar-refractivity contribution is 6.15. The van der Waals surface area contributed by atoms with Gasteiger partial charge in [-0.3, -0.25) is 0 Å². The quantitative estimate of drug-likeness (QED) is 0.182. The van der Waals surface area contributed by atoms with Gasteiger partial charge in [-0.05, 0) is 65.4 Å². The van der Waals surface area contributed by atoms with Crippen molar-refractivity contribution < 1.29 is 8.83 Å². The summed E-state index contributed by atoms with van der Waals surface area (Å²) in [6, 6.07) is 58.6. The van der Waals surface area contributed by atoms with Gasteiger partial charge in [0.2, 0.25) is 0 Å². The second-order valence-electron chi connectivity index (χ2n) is 14.0. The minimum absolute atomic E-state index is 0.535. The van der Waals surface area contributed by atoms with Crippen molar-refractivity contribution in [1.82, 2.24) is 19.5 Å². The van der Waals surface area contributed by atoms with Crippen LogP contribution in [0, 0.1) is 0 Å². The molecule has 0 bridgehead atoms. The van der Waals surface area contributed by atoms with E-state index in [1.807, 2.05) is 66.7 Å². The summed E-state index contributed by atoms with van der Waals surface area (Å²) in [5.74, 6) is 1.68. The zero-order valence-corrected chi connectivity index (χ0v) is 29.3. The molecular weight excluding hydrogens is 677 g/mol. The highest BCUT2D eigenvalue weighted by Crippen LogP contribution is 2.41. The third-order valence-electron chi connectivity index (χ3n) is 10.8. The van der Waals surface area contributed by atoms with Gasteiger partial charge in [0.1, 0.15) is 22.3 Å². The molecule has 0 fully saturated rings. The Morgan fingerprint density at radius 2 is 1.04 bits per heavy atom. The number of furan rings is 2. The molecule has 55 heavy (non-hydrogen) atoms. The third kappa shape index (κ3) is 4.52. The highest BCUT2D eigenvalue weighted by atomic mass is 16.3. The number of hydrogen-bond acceptors (Lipinski definition) is 5. The molecule has 8 aromatic carbocycles. The molecule has 0 unspecified atom stereocenters. The van der Waals surface area contributed by atoms with Gasteiger partial charge in [-0.2, -0.15) is 0 Å². The first-order valence-electron chi connectivity index (χ1n) is 18.4. The lowest BCUT2D eigenvalue weighted by Gasteiger charge is -2.09. The van der Waals surface area contributed by atoms with Crippen molar-refractivity contribution in [3.05, 3.63) is 170 Å². The van der Waals surface area contributed by atoms with Crippen LogP contribution in [0.25, 0.3) is 116 Å². The Morgan fingerprint density at radius 1 is 0.382 bits per heavy atom. The minimum Gasteiger partial charge on any atom is -0.456 e. The van der Waals surface area contributed by atoms with Crippen molar-refractivity contribution >= 4 is 76.5 Å². The van der Waals surface area contributed by atoms with Crippen molar-refractivity contribution in [2.75, 3.05) is 0 Å². The third-order valence-corrected chi connectivity index (χ3v) is 10.8. The van der Waals surface area contributed by atoms with Crippen molar-refractivity contribution in [2.45, 2.75) is 0 Å². The van der Waals surface area contributed by atoms with Gasteiger partial charge in [-0.15, -0.1) is 0 Å². The van der Waals surface area contributed by atoms with E-state index in [0.29, 0.717) is 17.5 Å². The molecular formula is C49H28N4O2. The van der Waals surface area contributed by atoms with Crippen LogP contribution in [0.2, 0.25) is 0 Å². The number of aromatic nitrogens is 4. The fourth-order valence-electron chi connectivity index (χ4n) is 8.33. The Morgan fingerprint density at radius 3 is 1.93 bits per heavy atom. The van der Waals surface area contributed by atoms with Crippen LogP contribution in [-0.2, 0) is 0 Å². The van der Waals surface area contributed by atoms with Crippen LogP contribution in [-0.4, -0.2) is 19.5 Å². The minimum atomic E-state index is 0.535. The van der Waals surface area contributed by atoms with E-state index in [2.05, 4.69) is 108 Å². The first-order valence-corrected chi connectivity index (χ1v) is 18.4. The second-order valence-corrected chi connectivity index (χ2v) is 14.0. The van der Waals surface area contributed by atoms with Crippen LogP contribution in [0.15, 0.2) is 179 Å². The molecule has 0 N–H and O–H groups in total. The molecule has 256 valence electrons. The van der Waals surface area contributed by atoms with E-state index in [9.17, 15) is 0 Å². The van der Waals surface area contributed by atoms with Gasteiger partial charge in [0.05, 0.1) is 16.6 Å². The molecule has 6 nitrogen and oxygen atoms in total. The Hall–Kier alpha value is -7.57. The molecule has 0 aliphatic rings. The molecule has 12 aromatic rings. The van der Waals surface area contributed by atoms with Crippen LogP contribution in [0.5, 0.6) is 0 Å². The SMILES string of the molecule is c1ccc(-c2nc(-c3cccc4c3oc3ccc(-n5c6ccccc6c6cc7ccccc7cc65)cc34)nc(-c3cccc4oc5ccccc5c34)n2)cc1. The highest BCUT2D eigenvalue weighted by Gasteiger charge is 2.21. The van der Waals surface area contributed by atoms with Gasteiger partial charge in [0.15, 0.2) is 17.5 Å². The van der Waals surface area contributed by atoms with Crippen molar-refractivity contribution in [2.24, 2.45) is 0 Å². The van der Waals surface area contributed by atoms with Crippen LogP contribution < -0.4 is 0 Å². The Labute approximate surface area is 313 Å². The van der Waals surface area contributed by atoms with E-state index >= 15 is 0 Å². The van der Waals surface area contributed by atoms with Gasteiger partial charge in [-0.25, -0.2) is 15.0 Å². The molecule has 0 atom stereocenters. The maximum absolute atomic E-state index is 6.72. The Kier molecular flexibility index (Phi) is 6.24. The van der Waals surface area contributed by atoms with Gasteiger partial charge in [0.25, 0.3) is 0 Å². The van der Waals surface area contributed by atoms with Crippen LogP contribution in [0.1, 0.15) is 0 Å². The normalized spacial score (nSPS) is 12.0. The van der Waals surface area contributed by atoms with Crippen LogP contribution in [0.3, 0.4) is 0 Å². The van der Waals surface area contributed by atoms with Crippen molar-refractivity contribution in [3.63, 3.8) is 0 Å². The number of para-hydroxylation sites is 3. The number of nitrogens with zero attached hydrogens (tertiary/aromatic N) is 4. The van der Waals surface area contributed by atoms with E-state index in [1.54, 1.807) is 0 Å². The maximum Gasteiger partial charge on any atom is 0.167 e. The summed E-state index contributed by atoms with van der Waals surface area (Å²) in [7, 11) is 0. The average molecular weight is 705 g/mol. The van der Waals surface area contributed by atoms with E-state index in [-0.39, 0.29) is 0 Å². The molecule has 4 aromatic heterocycles. The summed E-state index contributed by atoms with van der Waals surface area (Å²) < 4.78 is 15.3. The maximum atomic E-state index is 6.72. The van der Waals surface area contributed by atoms with Gasteiger partial charge >= 0.3 is 0 Å². The van der Waals surface area contributed by atoms with Crippen molar-refractivity contribution in [3.8, 4) is 39.9 Å². The predicted octanol–water partition coefficient (Wildman–Crippen LogP) is 12.9. The van der Waals surface area contributed by atoms with E-state index < -0.39 is 0 Å². The standard InChI is InChI=1S/C49H28N4O2/c1-2-12-29(13-3-1)47-50-48(36-19-11-23-44-45(36)35-17-7-9-22-42(35)54-44)52-49(51-47)37-20-10-18-34-39-28-32(24-25-43(39)55-46(34)37)53-40-21-8-6-16-33(40)38-26-30-14-4-5-15-31(30)27-41(38)53/h1-28H. The molecule has 0 amide bonds. The monoisotopic (exact) mass is 704 g/mol. The van der Waals surface area contributed by atoms with E-state index in [1.165, 1.54) is 27.1 Å². The van der Waals surface area contributed by atoms with Gasteiger partial charge < -0.3 is 13.4 Å². The Bertz CT molecular complexity index is 3500. The summed E-state index contributed by atoms with van der Waals surface area (Å²) in [6.45, 7) is 0. The van der Waals surface area contributed by atoms with Crippen molar-refractivity contribution in [1.29, 1.82) is 0 Å². The summed E-state index contributed by atoms with van der Waals surface area (Å²) >= 11 is 0. The first kappa shape index (κ1) is 29.9. The summed E-state index contributed by atoms with van der Waals surface area (Å²) in [5.41, 5.74) is 9.10. The lowest BCUT2D eigenvalue weighted by molar-refractivity contribution is 0.668. The number of rotatable bonds is 4. The van der Waals surface area contributed by atoms with E-state index in [0.717, 1.165) is 71.8 Å². The number of benzene rings is 8. The smallest absolute Gasteiger partial charge is 0.167 e. The van der Waals surface area contributed by atoms with Crippen LogP contribution in [0.4, 0.5) is 0 Å². The lowest BCUT2D eigenvalue weighted by Crippen LogP contribution is -2.00. The molecule has 0 saturated heterocycles. The molecule has 0 spiro atoms. The largest absolute Gasteiger partial charge is 0.456 e. The molecule has 0 aliphatic carbocycles. The number of fused-ring (bicyclic) bond motifs is 10. The van der Waals surface area contributed by atoms with E-state index in [4.69, 9.17) is 23.8 Å². The Balaban J connectivity index is 1.08. The average Bonchev–Trinajstić information content (AvgIpc) is 3.92. The van der Waals surface area contributed by atoms with Gasteiger partial charge in [-0.1, -0.05) is 115 Å². The zero-order valence-electron chi connectivity index (χ0n) is 29.3. The van der Waals surface area contributed by atoms with Crippen LogP contribution >= 0.6 is 0 Å². The summed E-state index contributed by atoms with van der Waals surface area (Å²) in [6.07, 6.45) is 0. The first-order chi connectivity index (χ1) is 27.2. The predicted molar refractivity (Wildman–Crippen MR) is 223 cm³/mol. The lowest BCUT2D eigenvalue weighted by atomic mass is 10.0. The topological polar surface area (TPSA) is 69.9 Å². The zero-order chi connectivity index (χ0) is 36.0. The molecule has 0 aliphatic heterocycles. The summed E-state index contributed by atoms with van der Waals surface area (Å²) in [4.78, 5) is 15.3. The molecule has 12 rings (SSSR count). The molecule has 4 heterocycles. The van der Waals surface area contributed by atoms with Gasteiger partial charge in [0, 0.05) is 49.1 Å².